The van der Waals surface area contributed by atoms with Crippen LogP contribution >= 0.6 is 0 Å². The zero-order chi connectivity index (χ0) is 17.6. The first-order chi connectivity index (χ1) is 12.1. The number of aliphatic hydroxyl groups is 1. The van der Waals surface area contributed by atoms with E-state index in [0.29, 0.717) is 0 Å². The maximum Gasteiger partial charge on any atom is 0.0971 e. The third-order valence-corrected chi connectivity index (χ3v) is 4.79. The molecule has 0 spiro atoms. The zero-order valence-electron chi connectivity index (χ0n) is 15.3. The molecule has 1 fully saturated rings. The molecule has 2 aromatic rings. The molecule has 25 heavy (non-hydrogen) atoms. The quantitative estimate of drug-likeness (QED) is 0.831. The van der Waals surface area contributed by atoms with Crippen LogP contribution in [0.2, 0.25) is 0 Å². The van der Waals surface area contributed by atoms with Crippen molar-refractivity contribution >= 4 is 0 Å². The van der Waals surface area contributed by atoms with Gasteiger partial charge in [-0.1, -0.05) is 23.4 Å². The standard InChI is InChI=1S/C19H29N5O/c1-16(25)12-23-10-8-17(9-11-23)13-22(2)14-18-15-24(21-20-18)19-6-4-3-5-7-19/h3-7,15-17,25H,8-14H2,1-2H3/t16-/m0/s1. The van der Waals surface area contributed by atoms with E-state index in [1.807, 2.05) is 48.1 Å². The van der Waals surface area contributed by atoms with Crippen molar-refractivity contribution in [3.8, 4) is 5.69 Å². The van der Waals surface area contributed by atoms with E-state index in [-0.39, 0.29) is 6.10 Å². The van der Waals surface area contributed by atoms with Crippen molar-refractivity contribution in [2.24, 2.45) is 5.92 Å². The highest BCUT2D eigenvalue weighted by Gasteiger charge is 2.21. The number of rotatable bonds is 7. The van der Waals surface area contributed by atoms with Gasteiger partial charge in [-0.25, -0.2) is 4.68 Å². The molecule has 0 aliphatic carbocycles. The van der Waals surface area contributed by atoms with Crippen LogP contribution in [0, 0.1) is 5.92 Å². The molecule has 1 saturated heterocycles. The predicted octanol–water partition coefficient (Wildman–Crippen LogP) is 1.79. The van der Waals surface area contributed by atoms with Crippen LogP contribution in [-0.2, 0) is 6.54 Å². The van der Waals surface area contributed by atoms with Crippen molar-refractivity contribution in [1.82, 2.24) is 24.8 Å². The number of β-amino-alcohol motifs (C(OH)–C–C–N with tert-alkyl or cyclic N) is 1. The van der Waals surface area contributed by atoms with Gasteiger partial charge in [-0.3, -0.25) is 0 Å². The molecule has 1 N–H and O–H groups in total. The van der Waals surface area contributed by atoms with Crippen LogP contribution in [0.1, 0.15) is 25.5 Å². The summed E-state index contributed by atoms with van der Waals surface area (Å²) in [7, 11) is 2.16. The van der Waals surface area contributed by atoms with Gasteiger partial charge in [-0.2, -0.15) is 0 Å². The summed E-state index contributed by atoms with van der Waals surface area (Å²) in [5.74, 6) is 0.722. The van der Waals surface area contributed by atoms with E-state index < -0.39 is 0 Å². The molecular formula is C19H29N5O. The molecule has 1 atom stereocenters. The number of benzene rings is 1. The van der Waals surface area contributed by atoms with Gasteiger partial charge >= 0.3 is 0 Å². The Morgan fingerprint density at radius 2 is 1.96 bits per heavy atom. The molecule has 1 aliphatic rings. The fourth-order valence-electron chi connectivity index (χ4n) is 3.58. The molecule has 0 amide bonds. The molecule has 0 unspecified atom stereocenters. The Hall–Kier alpha value is -1.76. The van der Waals surface area contributed by atoms with Crippen LogP contribution in [0.5, 0.6) is 0 Å². The molecule has 1 aromatic carbocycles. The monoisotopic (exact) mass is 343 g/mol. The number of piperidine rings is 1. The number of para-hydroxylation sites is 1. The number of likely N-dealkylation sites (tertiary alicyclic amines) is 1. The number of aromatic nitrogens is 3. The average Bonchev–Trinajstić information content (AvgIpc) is 3.05. The van der Waals surface area contributed by atoms with Gasteiger partial charge in [0.05, 0.1) is 23.7 Å². The molecule has 0 bridgehead atoms. The van der Waals surface area contributed by atoms with Gasteiger partial charge in [-0.05, 0) is 58.0 Å². The molecule has 0 radical (unpaired) electrons. The lowest BCUT2D eigenvalue weighted by molar-refractivity contribution is 0.0918. The third kappa shape index (κ3) is 5.36. The van der Waals surface area contributed by atoms with Crippen molar-refractivity contribution < 1.29 is 5.11 Å². The van der Waals surface area contributed by atoms with Gasteiger partial charge in [0, 0.05) is 19.6 Å². The first-order valence-corrected chi connectivity index (χ1v) is 9.16. The van der Waals surface area contributed by atoms with Crippen LogP contribution in [0.15, 0.2) is 36.5 Å². The van der Waals surface area contributed by atoms with Gasteiger partial charge in [0.2, 0.25) is 0 Å². The van der Waals surface area contributed by atoms with Gasteiger partial charge in [0.25, 0.3) is 0 Å². The minimum Gasteiger partial charge on any atom is -0.392 e. The van der Waals surface area contributed by atoms with Gasteiger partial charge in [0.15, 0.2) is 0 Å². The first kappa shape index (κ1) is 18.0. The summed E-state index contributed by atoms with van der Waals surface area (Å²) in [4.78, 5) is 4.71. The first-order valence-electron chi connectivity index (χ1n) is 9.16. The summed E-state index contributed by atoms with van der Waals surface area (Å²) >= 11 is 0. The van der Waals surface area contributed by atoms with E-state index >= 15 is 0 Å². The lowest BCUT2D eigenvalue weighted by atomic mass is 9.96. The summed E-state index contributed by atoms with van der Waals surface area (Å²) < 4.78 is 1.83. The second-order valence-electron chi connectivity index (χ2n) is 7.28. The Bertz CT molecular complexity index is 634. The van der Waals surface area contributed by atoms with E-state index in [0.717, 1.165) is 50.0 Å². The van der Waals surface area contributed by atoms with Crippen molar-refractivity contribution in [1.29, 1.82) is 0 Å². The number of aliphatic hydroxyl groups excluding tert-OH is 1. The van der Waals surface area contributed by atoms with Gasteiger partial charge in [-0.15, -0.1) is 5.10 Å². The van der Waals surface area contributed by atoms with Crippen molar-refractivity contribution in [3.63, 3.8) is 0 Å². The summed E-state index contributed by atoms with van der Waals surface area (Å²) in [6, 6.07) is 10.1. The number of hydrogen-bond acceptors (Lipinski definition) is 5. The second-order valence-corrected chi connectivity index (χ2v) is 7.28. The SMILES string of the molecule is C[C@H](O)CN1CCC(CN(C)Cc2cn(-c3ccccc3)nn2)CC1. The molecule has 0 saturated carbocycles. The molecule has 2 heterocycles. The number of nitrogens with zero attached hydrogens (tertiary/aromatic N) is 5. The van der Waals surface area contributed by atoms with Crippen LogP contribution in [-0.4, -0.2) is 69.2 Å². The van der Waals surface area contributed by atoms with E-state index in [2.05, 4.69) is 27.2 Å². The molecule has 6 heteroatoms. The molecule has 1 aromatic heterocycles. The lowest BCUT2D eigenvalue weighted by Crippen LogP contribution is -2.40. The van der Waals surface area contributed by atoms with Crippen molar-refractivity contribution in [2.45, 2.75) is 32.4 Å². The molecule has 136 valence electrons. The Balaban J connectivity index is 1.46. The third-order valence-electron chi connectivity index (χ3n) is 4.79. The highest BCUT2D eigenvalue weighted by molar-refractivity contribution is 5.29. The van der Waals surface area contributed by atoms with E-state index in [1.165, 1.54) is 12.8 Å². The highest BCUT2D eigenvalue weighted by Crippen LogP contribution is 2.19. The van der Waals surface area contributed by atoms with Crippen LogP contribution in [0.25, 0.3) is 5.69 Å². The number of hydrogen-bond donors (Lipinski definition) is 1. The summed E-state index contributed by atoms with van der Waals surface area (Å²) in [5, 5.41) is 18.0. The topological polar surface area (TPSA) is 57.4 Å². The lowest BCUT2D eigenvalue weighted by Gasteiger charge is -2.34. The normalized spacial score (nSPS) is 17.9. The Morgan fingerprint density at radius 1 is 1.24 bits per heavy atom. The Labute approximate surface area is 150 Å². The summed E-state index contributed by atoms with van der Waals surface area (Å²) in [5.41, 5.74) is 2.03. The Morgan fingerprint density at radius 3 is 2.64 bits per heavy atom. The van der Waals surface area contributed by atoms with Gasteiger partial charge < -0.3 is 14.9 Å². The second kappa shape index (κ2) is 8.56. The summed E-state index contributed by atoms with van der Waals surface area (Å²) in [6.07, 6.45) is 4.19. The fraction of sp³-hybridized carbons (Fsp3) is 0.579. The summed E-state index contributed by atoms with van der Waals surface area (Å²) in [6.45, 7) is 6.75. The van der Waals surface area contributed by atoms with E-state index in [1.54, 1.807) is 0 Å². The molecule has 6 nitrogen and oxygen atoms in total. The van der Waals surface area contributed by atoms with Crippen molar-refractivity contribution in [2.75, 3.05) is 33.2 Å². The minimum absolute atomic E-state index is 0.230. The average molecular weight is 343 g/mol. The smallest absolute Gasteiger partial charge is 0.0971 e. The molecule has 3 rings (SSSR count). The van der Waals surface area contributed by atoms with Gasteiger partial charge in [0.1, 0.15) is 0 Å². The fourth-order valence-corrected chi connectivity index (χ4v) is 3.58. The zero-order valence-corrected chi connectivity index (χ0v) is 15.3. The van der Waals surface area contributed by atoms with Crippen LogP contribution in [0.4, 0.5) is 0 Å². The molecule has 1 aliphatic heterocycles. The van der Waals surface area contributed by atoms with E-state index in [4.69, 9.17) is 0 Å². The van der Waals surface area contributed by atoms with Crippen LogP contribution in [0.3, 0.4) is 0 Å². The van der Waals surface area contributed by atoms with Crippen LogP contribution < -0.4 is 0 Å². The van der Waals surface area contributed by atoms with Crippen molar-refractivity contribution in [3.05, 3.63) is 42.2 Å². The predicted molar refractivity (Wildman–Crippen MR) is 98.5 cm³/mol. The van der Waals surface area contributed by atoms with E-state index in [9.17, 15) is 5.11 Å². The Kier molecular flexibility index (Phi) is 6.18. The maximum atomic E-state index is 9.50. The highest BCUT2D eigenvalue weighted by atomic mass is 16.3. The largest absolute Gasteiger partial charge is 0.392 e. The molecular weight excluding hydrogens is 314 g/mol. The minimum atomic E-state index is -0.230. The maximum absolute atomic E-state index is 9.50.